The number of halogens is 2. The van der Waals surface area contributed by atoms with Crippen LogP contribution in [0.15, 0.2) is 48.8 Å². The summed E-state index contributed by atoms with van der Waals surface area (Å²) in [7, 11) is 6.60. The van der Waals surface area contributed by atoms with Gasteiger partial charge < -0.3 is 38.4 Å². The number of pyridine rings is 1. The number of carbonyl (C=O) groups is 2. The fraction of sp³-hybridized carbons (Fsp3) is 0.381. The largest absolute Gasteiger partial charge is 1.00 e. The molecule has 28 heavy (non-hydrogen) atoms. The predicted octanol–water partition coefficient (Wildman–Crippen LogP) is -4.08. The van der Waals surface area contributed by atoms with E-state index in [1.807, 2.05) is 0 Å². The summed E-state index contributed by atoms with van der Waals surface area (Å²) in [6.07, 6.45) is 5.95. The first-order valence-electron chi connectivity index (χ1n) is 9.09. The number of fused-ring (bicyclic) bond motifs is 1. The van der Waals surface area contributed by atoms with Crippen molar-refractivity contribution in [3.8, 4) is 0 Å². The summed E-state index contributed by atoms with van der Waals surface area (Å²) in [6.45, 7) is 2.54. The molecule has 0 unspecified atom stereocenters. The zero-order valence-corrected chi connectivity index (χ0v) is 19.7. The lowest BCUT2D eigenvalue weighted by atomic mass is 10.1. The van der Waals surface area contributed by atoms with Crippen molar-refractivity contribution in [3.63, 3.8) is 0 Å². The highest BCUT2D eigenvalue weighted by atomic mass is 79.9. The maximum absolute atomic E-state index is 12.4. The molecule has 0 atom stereocenters. The molecule has 0 fully saturated rings. The fourth-order valence-electron chi connectivity index (χ4n) is 3.21. The van der Waals surface area contributed by atoms with E-state index in [1.165, 1.54) is 4.90 Å². The Morgan fingerprint density at radius 1 is 0.893 bits per heavy atom. The Hall–Kier alpha value is -1.57. The molecule has 5 nitrogen and oxygen atoms in total. The van der Waals surface area contributed by atoms with Crippen LogP contribution >= 0.6 is 0 Å². The molecule has 7 heteroatoms. The van der Waals surface area contributed by atoms with Crippen LogP contribution in [-0.2, 0) is 13.0 Å². The van der Waals surface area contributed by atoms with Gasteiger partial charge in [-0.25, -0.2) is 4.57 Å². The standard InChI is InChI=1S/C21H27N3O2.2BrH/c1-24(2,3)16-6-12-22-13-9-17(10-14-22)11-15-23-20(25)18-7-4-5-8-19(18)21(23)26;;/h4-5,7-10,13-14H,6,11-12,15-16H2,1-3H3;2*1H/q+2;;/p-2. The van der Waals surface area contributed by atoms with E-state index in [0.717, 1.165) is 29.6 Å². The van der Waals surface area contributed by atoms with Crippen LogP contribution in [0.1, 0.15) is 32.7 Å². The number of benzene rings is 1. The van der Waals surface area contributed by atoms with E-state index in [4.69, 9.17) is 0 Å². The number of quaternary nitrogens is 1. The minimum Gasteiger partial charge on any atom is -1.00 e. The van der Waals surface area contributed by atoms with Crippen LogP contribution in [0.2, 0.25) is 0 Å². The van der Waals surface area contributed by atoms with Crippen molar-refractivity contribution >= 4 is 11.8 Å². The first-order chi connectivity index (χ1) is 12.3. The quantitative estimate of drug-likeness (QED) is 0.215. The highest BCUT2D eigenvalue weighted by molar-refractivity contribution is 6.21. The molecule has 3 rings (SSSR count). The molecule has 1 aliphatic rings. The lowest BCUT2D eigenvalue weighted by Gasteiger charge is -2.22. The average molecular weight is 513 g/mol. The van der Waals surface area contributed by atoms with Crippen molar-refractivity contribution in [1.29, 1.82) is 0 Å². The van der Waals surface area contributed by atoms with E-state index in [9.17, 15) is 9.59 Å². The molecule has 0 bridgehead atoms. The third-order valence-electron chi connectivity index (χ3n) is 4.71. The number of aryl methyl sites for hydroxylation is 1. The van der Waals surface area contributed by atoms with Gasteiger partial charge in [0.05, 0.1) is 45.2 Å². The number of imide groups is 1. The molecular formula is C21H27Br2N3O2. The smallest absolute Gasteiger partial charge is 0.261 e. The molecule has 1 aromatic heterocycles. The number of hydrogen-bond acceptors (Lipinski definition) is 2. The Labute approximate surface area is 188 Å². The van der Waals surface area contributed by atoms with Gasteiger partial charge in [-0.3, -0.25) is 14.5 Å². The first kappa shape index (κ1) is 24.5. The number of carbonyl (C=O) groups excluding carboxylic acids is 2. The Morgan fingerprint density at radius 3 is 1.93 bits per heavy atom. The Balaban J connectivity index is 0.00000196. The van der Waals surface area contributed by atoms with Gasteiger partial charge in [-0.1, -0.05) is 12.1 Å². The van der Waals surface area contributed by atoms with Gasteiger partial charge in [-0.2, -0.15) is 0 Å². The van der Waals surface area contributed by atoms with E-state index >= 15 is 0 Å². The number of hydrogen-bond donors (Lipinski definition) is 0. The molecular weight excluding hydrogens is 486 g/mol. The van der Waals surface area contributed by atoms with E-state index in [1.54, 1.807) is 24.3 Å². The van der Waals surface area contributed by atoms with Crippen molar-refractivity contribution in [3.05, 3.63) is 65.5 Å². The van der Waals surface area contributed by atoms with Crippen LogP contribution < -0.4 is 38.5 Å². The number of amides is 2. The summed E-state index contributed by atoms with van der Waals surface area (Å²) < 4.78 is 3.15. The van der Waals surface area contributed by atoms with Gasteiger partial charge >= 0.3 is 0 Å². The van der Waals surface area contributed by atoms with Gasteiger partial charge in [0.25, 0.3) is 11.8 Å². The zero-order chi connectivity index (χ0) is 18.7. The van der Waals surface area contributed by atoms with Crippen molar-refractivity contribution in [2.45, 2.75) is 19.4 Å². The second-order valence-electron chi connectivity index (χ2n) is 7.87. The summed E-state index contributed by atoms with van der Waals surface area (Å²) in [5.41, 5.74) is 2.16. The lowest BCUT2D eigenvalue weighted by molar-refractivity contribution is -0.873. The van der Waals surface area contributed by atoms with Crippen molar-refractivity contribution < 1.29 is 52.6 Å². The molecule has 0 spiro atoms. The molecule has 0 aliphatic carbocycles. The van der Waals surface area contributed by atoms with E-state index in [-0.39, 0.29) is 45.8 Å². The van der Waals surface area contributed by atoms with Crippen LogP contribution in [0.5, 0.6) is 0 Å². The second-order valence-corrected chi connectivity index (χ2v) is 7.87. The molecule has 2 aromatic rings. The van der Waals surface area contributed by atoms with Crippen molar-refractivity contribution in [1.82, 2.24) is 4.90 Å². The van der Waals surface area contributed by atoms with Crippen molar-refractivity contribution in [2.75, 3.05) is 34.2 Å². The topological polar surface area (TPSA) is 41.3 Å². The maximum Gasteiger partial charge on any atom is 0.261 e. The van der Waals surface area contributed by atoms with Crippen LogP contribution in [-0.4, -0.2) is 55.4 Å². The van der Waals surface area contributed by atoms with E-state index in [2.05, 4.69) is 50.2 Å². The zero-order valence-electron chi connectivity index (χ0n) is 16.6. The molecule has 152 valence electrons. The predicted molar refractivity (Wildman–Crippen MR) is 99.7 cm³/mol. The molecule has 1 aromatic carbocycles. The van der Waals surface area contributed by atoms with Gasteiger partial charge in [0.15, 0.2) is 18.9 Å². The SMILES string of the molecule is C[N+](C)(C)CCC[n+]1ccc(CCN2C(=O)c3ccccc3C2=O)cc1.[Br-].[Br-]. The Kier molecular flexibility index (Phi) is 8.98. The third kappa shape index (κ3) is 5.96. The molecule has 2 amide bonds. The van der Waals surface area contributed by atoms with Gasteiger partial charge in [0.1, 0.15) is 0 Å². The second kappa shape index (κ2) is 10.3. The molecule has 0 radical (unpaired) electrons. The highest BCUT2D eigenvalue weighted by Gasteiger charge is 2.34. The molecule has 0 saturated carbocycles. The van der Waals surface area contributed by atoms with Crippen LogP contribution in [0.4, 0.5) is 0 Å². The molecule has 0 N–H and O–H groups in total. The summed E-state index contributed by atoms with van der Waals surface area (Å²) in [4.78, 5) is 26.1. The Bertz CT molecular complexity index is 782. The minimum absolute atomic E-state index is 0. The summed E-state index contributed by atoms with van der Waals surface area (Å²) >= 11 is 0. The van der Waals surface area contributed by atoms with Gasteiger partial charge in [-0.15, -0.1) is 0 Å². The Morgan fingerprint density at radius 2 is 1.43 bits per heavy atom. The number of rotatable bonds is 7. The van der Waals surface area contributed by atoms with Crippen LogP contribution in [0.25, 0.3) is 0 Å². The van der Waals surface area contributed by atoms with Crippen LogP contribution in [0, 0.1) is 0 Å². The maximum atomic E-state index is 12.4. The minimum atomic E-state index is -0.183. The fourth-order valence-corrected chi connectivity index (χ4v) is 3.21. The van der Waals surface area contributed by atoms with E-state index in [0.29, 0.717) is 24.1 Å². The van der Waals surface area contributed by atoms with Gasteiger partial charge in [0, 0.05) is 18.7 Å². The van der Waals surface area contributed by atoms with Crippen molar-refractivity contribution in [2.24, 2.45) is 0 Å². The summed E-state index contributed by atoms with van der Waals surface area (Å²) in [5, 5.41) is 0. The van der Waals surface area contributed by atoms with E-state index < -0.39 is 0 Å². The first-order valence-corrected chi connectivity index (χ1v) is 9.09. The molecule has 1 aliphatic heterocycles. The summed E-state index contributed by atoms with van der Waals surface area (Å²) in [6, 6.07) is 11.2. The third-order valence-corrected chi connectivity index (χ3v) is 4.71. The monoisotopic (exact) mass is 511 g/mol. The number of nitrogens with zero attached hydrogens (tertiary/aromatic N) is 3. The van der Waals surface area contributed by atoms with Gasteiger partial charge in [-0.05, 0) is 24.1 Å². The lowest BCUT2D eigenvalue weighted by Crippen LogP contribution is -3.00. The molecule has 0 saturated heterocycles. The summed E-state index contributed by atoms with van der Waals surface area (Å²) in [5.74, 6) is -0.367. The van der Waals surface area contributed by atoms with Crippen LogP contribution in [0.3, 0.4) is 0 Å². The number of aromatic nitrogens is 1. The normalized spacial score (nSPS) is 13.0. The highest BCUT2D eigenvalue weighted by Crippen LogP contribution is 2.22. The van der Waals surface area contributed by atoms with Gasteiger partial charge in [0.2, 0.25) is 0 Å². The average Bonchev–Trinajstić information content (AvgIpc) is 2.85. The molecule has 2 heterocycles.